The number of carboxylic acids is 7. The number of rotatable bonds is 28. The van der Waals surface area contributed by atoms with Crippen molar-refractivity contribution in [3.05, 3.63) is 29.8 Å². The van der Waals surface area contributed by atoms with Crippen molar-refractivity contribution < 1.29 is 78.9 Å². The number of thiocarbonyl (C=S) groups is 1. The molecular formula is C41H63N9O16S. The molecule has 0 aromatic heterocycles. The summed E-state index contributed by atoms with van der Waals surface area (Å²) in [5.41, 5.74) is 1.44. The molecule has 0 aliphatic carbocycles. The van der Waals surface area contributed by atoms with Crippen LogP contribution in [-0.2, 0) is 44.8 Å². The first kappa shape index (κ1) is 56.9. The van der Waals surface area contributed by atoms with E-state index in [1.807, 2.05) is 12.1 Å². The van der Waals surface area contributed by atoms with Gasteiger partial charge >= 0.3 is 47.8 Å². The summed E-state index contributed by atoms with van der Waals surface area (Å²) in [6.45, 7) is 0.509. The minimum atomic E-state index is -1.52. The molecule has 0 saturated carbocycles. The molecule has 26 heteroatoms. The molecule has 0 bridgehead atoms. The summed E-state index contributed by atoms with van der Waals surface area (Å²) in [7, 11) is 0. The minimum absolute atomic E-state index is 0.00495. The van der Waals surface area contributed by atoms with Crippen molar-refractivity contribution in [3.63, 3.8) is 0 Å². The molecule has 1 heterocycles. The molecule has 0 spiro atoms. The Morgan fingerprint density at radius 2 is 1.06 bits per heavy atom. The fourth-order valence-corrected chi connectivity index (χ4v) is 7.29. The highest BCUT2D eigenvalue weighted by molar-refractivity contribution is 7.80. The van der Waals surface area contributed by atoms with Crippen LogP contribution in [0.15, 0.2) is 24.3 Å². The molecule has 1 fully saturated rings. The molecule has 1 saturated heterocycles. The van der Waals surface area contributed by atoms with Crippen LogP contribution in [-0.4, -0.2) is 217 Å². The summed E-state index contributed by atoms with van der Waals surface area (Å²) in [5.74, 6) is -8.68. The lowest BCUT2D eigenvalue weighted by molar-refractivity contribution is -0.142. The average molecular weight is 970 g/mol. The number of amides is 3. The number of benzene rings is 1. The van der Waals surface area contributed by atoms with E-state index in [0.717, 1.165) is 5.56 Å². The molecule has 1 aromatic carbocycles. The Balaban J connectivity index is 1.87. The van der Waals surface area contributed by atoms with Crippen LogP contribution in [0.1, 0.15) is 56.9 Å². The first-order valence-corrected chi connectivity index (χ1v) is 22.0. The van der Waals surface area contributed by atoms with Gasteiger partial charge in [-0.05, 0) is 74.9 Å². The van der Waals surface area contributed by atoms with Gasteiger partial charge in [-0.2, -0.15) is 0 Å². The molecule has 1 aromatic rings. The third-order valence-corrected chi connectivity index (χ3v) is 10.7. The van der Waals surface area contributed by atoms with Crippen molar-refractivity contribution in [1.29, 1.82) is 0 Å². The molecule has 1 aliphatic heterocycles. The molecule has 3 atom stereocenters. The fraction of sp³-hybridized carbons (Fsp3) is 0.610. The minimum Gasteiger partial charge on any atom is -0.481 e. The number of nitrogens with zero attached hydrogens (tertiary/aromatic N) is 4. The highest BCUT2D eigenvalue weighted by Crippen LogP contribution is 2.16. The van der Waals surface area contributed by atoms with Crippen molar-refractivity contribution >= 4 is 76.7 Å². The van der Waals surface area contributed by atoms with Gasteiger partial charge in [0.05, 0.1) is 26.2 Å². The molecule has 2 unspecified atom stereocenters. The van der Waals surface area contributed by atoms with E-state index in [2.05, 4.69) is 26.6 Å². The Morgan fingerprint density at radius 3 is 1.60 bits per heavy atom. The maximum Gasteiger partial charge on any atom is 0.326 e. The van der Waals surface area contributed by atoms with Gasteiger partial charge in [-0.3, -0.25) is 48.4 Å². The lowest BCUT2D eigenvalue weighted by atomic mass is 10.0. The first-order valence-electron chi connectivity index (χ1n) is 21.6. The number of hydrogen-bond donors (Lipinski definition) is 12. The highest BCUT2D eigenvalue weighted by Gasteiger charge is 2.28. The van der Waals surface area contributed by atoms with Gasteiger partial charge in [0, 0.05) is 83.5 Å². The summed E-state index contributed by atoms with van der Waals surface area (Å²) in [6, 6.07) is 2.74. The van der Waals surface area contributed by atoms with E-state index in [-0.39, 0.29) is 104 Å². The summed E-state index contributed by atoms with van der Waals surface area (Å²) < 4.78 is 0. The number of carbonyl (C=O) groups is 9. The van der Waals surface area contributed by atoms with Crippen molar-refractivity contribution in [2.45, 2.75) is 75.9 Å². The number of hydrogen-bond acceptors (Lipinski definition) is 14. The zero-order chi connectivity index (χ0) is 49.9. The maximum atomic E-state index is 12.3. The molecular weight excluding hydrogens is 907 g/mol. The normalized spacial score (nSPS) is 16.4. The smallest absolute Gasteiger partial charge is 0.326 e. The van der Waals surface area contributed by atoms with E-state index in [9.17, 15) is 73.8 Å². The molecule has 12 N–H and O–H groups in total. The molecule has 0 radical (unpaired) electrons. The fourth-order valence-electron chi connectivity index (χ4n) is 7.07. The summed E-state index contributed by atoms with van der Waals surface area (Å²) in [6.07, 6.45) is 1.46. The molecule has 2 rings (SSSR count). The summed E-state index contributed by atoms with van der Waals surface area (Å²) >= 11 is 5.43. The third-order valence-electron chi connectivity index (χ3n) is 10.5. The Kier molecular flexibility index (Phi) is 26.2. The highest BCUT2D eigenvalue weighted by atomic mass is 32.1. The van der Waals surface area contributed by atoms with Gasteiger partial charge in [-0.15, -0.1) is 0 Å². The largest absolute Gasteiger partial charge is 0.481 e. The zero-order valence-electron chi connectivity index (χ0n) is 37.1. The van der Waals surface area contributed by atoms with Crippen LogP contribution in [0, 0.1) is 0 Å². The number of nitrogens with one attached hydrogen (secondary N) is 5. The van der Waals surface area contributed by atoms with Crippen molar-refractivity contribution in [1.82, 2.24) is 40.9 Å². The van der Waals surface area contributed by atoms with E-state index in [0.29, 0.717) is 49.4 Å². The van der Waals surface area contributed by atoms with Crippen LogP contribution in [0.2, 0.25) is 0 Å². The van der Waals surface area contributed by atoms with E-state index in [4.69, 9.17) is 17.3 Å². The third kappa shape index (κ3) is 25.9. The Bertz CT molecular complexity index is 1840. The maximum absolute atomic E-state index is 12.3. The zero-order valence-corrected chi connectivity index (χ0v) is 37.9. The molecule has 374 valence electrons. The number of carboxylic acid groups (broad SMARTS) is 7. The lowest BCUT2D eigenvalue weighted by Crippen LogP contribution is -2.53. The van der Waals surface area contributed by atoms with Crippen LogP contribution < -0.4 is 26.6 Å². The second-order valence-corrected chi connectivity index (χ2v) is 16.3. The van der Waals surface area contributed by atoms with Crippen LogP contribution in [0.5, 0.6) is 0 Å². The number of anilines is 1. The SMILES string of the molecule is O=C(O)CCC(NC(=O)N[C@@H](CCCCNC(=O)CCCCNC(=S)Nc1ccc(CC2CN(CC(=O)O)CCN(CC(=O)O)CCN(CC(=O)O)CCN2CC(=O)O)cc1)C(=O)O)C(=O)O. The lowest BCUT2D eigenvalue weighted by Gasteiger charge is -2.37. The van der Waals surface area contributed by atoms with Crippen molar-refractivity contribution in [2.24, 2.45) is 0 Å². The van der Waals surface area contributed by atoms with Crippen LogP contribution in [0.25, 0.3) is 0 Å². The topological polar surface area (TPSA) is 368 Å². The molecule has 25 nitrogen and oxygen atoms in total. The predicted octanol–water partition coefficient (Wildman–Crippen LogP) is -1.03. The summed E-state index contributed by atoms with van der Waals surface area (Å²) in [4.78, 5) is 112. The predicted molar refractivity (Wildman–Crippen MR) is 242 cm³/mol. The van der Waals surface area contributed by atoms with Gasteiger partial charge in [0.25, 0.3) is 0 Å². The number of unbranched alkanes of at least 4 members (excludes halogenated alkanes) is 2. The molecule has 3 amide bonds. The van der Waals surface area contributed by atoms with Gasteiger partial charge in [-0.25, -0.2) is 14.4 Å². The second-order valence-electron chi connectivity index (χ2n) is 15.9. The Labute approximate surface area is 391 Å². The van der Waals surface area contributed by atoms with Gasteiger partial charge in [-0.1, -0.05) is 12.1 Å². The van der Waals surface area contributed by atoms with Crippen molar-refractivity contribution in [3.8, 4) is 0 Å². The van der Waals surface area contributed by atoms with Crippen molar-refractivity contribution in [2.75, 3.05) is 90.4 Å². The van der Waals surface area contributed by atoms with Gasteiger partial charge in [0.1, 0.15) is 12.1 Å². The standard InChI is InChI=1S/C41H63N9O16S/c51-32(42-13-3-1-5-30(38(62)63)45-40(66)46-31(39(64)65)11-12-33(52)53)6-2-4-14-43-41(67)44-28-9-7-27(8-10-28)21-29-22-49(25-36(58)59)18-17-47(23-34(54)55)15-16-48(24-35(56)57)19-20-50(29)26-37(60)61/h7-10,29-31H,1-6,11-26H2,(H,42,51)(H,52,53)(H,54,55)(H,56,57)(H,58,59)(H,60,61)(H,62,63)(H,64,65)(H2,43,44,67)(H2,45,46,66)/t29?,30-,31?/m0/s1. The Hall–Kier alpha value is -6.22. The number of aliphatic carboxylic acids is 7. The van der Waals surface area contributed by atoms with Gasteiger partial charge in [0.15, 0.2) is 5.11 Å². The van der Waals surface area contributed by atoms with Gasteiger partial charge in [0.2, 0.25) is 5.91 Å². The summed E-state index contributed by atoms with van der Waals surface area (Å²) in [5, 5.41) is 79.4. The van der Waals surface area contributed by atoms with E-state index in [1.54, 1.807) is 31.7 Å². The number of urea groups is 1. The quantitative estimate of drug-likeness (QED) is 0.0353. The second kappa shape index (κ2) is 30.9. The molecule has 67 heavy (non-hydrogen) atoms. The molecule has 1 aliphatic rings. The van der Waals surface area contributed by atoms with E-state index >= 15 is 0 Å². The van der Waals surface area contributed by atoms with Crippen LogP contribution in [0.3, 0.4) is 0 Å². The van der Waals surface area contributed by atoms with Crippen LogP contribution >= 0.6 is 12.2 Å². The van der Waals surface area contributed by atoms with Crippen LogP contribution in [0.4, 0.5) is 10.5 Å². The number of carbonyl (C=O) groups excluding carboxylic acids is 2. The average Bonchev–Trinajstić information content (AvgIpc) is 3.22. The van der Waals surface area contributed by atoms with E-state index in [1.165, 1.54) is 0 Å². The Morgan fingerprint density at radius 1 is 0.567 bits per heavy atom. The van der Waals surface area contributed by atoms with E-state index < -0.39 is 72.4 Å². The monoisotopic (exact) mass is 969 g/mol. The first-order chi connectivity index (χ1) is 31.7. The van der Waals surface area contributed by atoms with Gasteiger partial charge < -0.3 is 62.3 Å².